The quantitative estimate of drug-likeness (QED) is 0.595. The number of carbonyl (C=O) groups is 3. The number of halogens is 1. The molecule has 0 radical (unpaired) electrons. The number of fused-ring (bicyclic) bond motifs is 1. The Morgan fingerprint density at radius 1 is 0.974 bits per heavy atom. The number of hydrogen-bond acceptors (Lipinski definition) is 6. The van der Waals surface area contributed by atoms with Crippen LogP contribution in [0.25, 0.3) is 0 Å². The van der Waals surface area contributed by atoms with Crippen LogP contribution in [-0.4, -0.2) is 67.6 Å². The molecule has 1 N–H and O–H groups in total. The normalized spacial score (nSPS) is 21.1. The van der Waals surface area contributed by atoms with Crippen molar-refractivity contribution in [1.82, 2.24) is 14.5 Å². The highest BCUT2D eigenvalue weighted by atomic mass is 32.2. The number of nitrogens with one attached hydrogen (secondary N) is 1. The van der Waals surface area contributed by atoms with Gasteiger partial charge in [0.1, 0.15) is 11.9 Å². The Balaban J connectivity index is 1.29. The summed E-state index contributed by atoms with van der Waals surface area (Å²) in [5.41, 5.74) is 2.06. The molecule has 0 aliphatic carbocycles. The van der Waals surface area contributed by atoms with Crippen LogP contribution >= 0.6 is 0 Å². The molecule has 2 aromatic rings. The van der Waals surface area contributed by atoms with Gasteiger partial charge < -0.3 is 9.80 Å². The number of nitrogens with zero attached hydrogens (tertiary/aromatic N) is 3. The topological polar surface area (TPSA) is 107 Å². The van der Waals surface area contributed by atoms with E-state index >= 15 is 4.39 Å². The van der Waals surface area contributed by atoms with Crippen molar-refractivity contribution in [2.24, 2.45) is 0 Å². The van der Waals surface area contributed by atoms with Gasteiger partial charge in [-0.05, 0) is 47.2 Å². The monoisotopic (exact) mass is 542 g/mol. The lowest BCUT2D eigenvalue weighted by molar-refractivity contribution is -0.136. The second-order valence-electron chi connectivity index (χ2n) is 11.0. The molecule has 9 nitrogen and oxygen atoms in total. The van der Waals surface area contributed by atoms with Crippen molar-refractivity contribution in [3.63, 3.8) is 0 Å². The molecular weight excluding hydrogens is 511 g/mol. The first kappa shape index (κ1) is 26.3. The molecule has 0 bridgehead atoms. The van der Waals surface area contributed by atoms with Gasteiger partial charge in [-0.2, -0.15) is 4.31 Å². The predicted octanol–water partition coefficient (Wildman–Crippen LogP) is 2.40. The lowest BCUT2D eigenvalue weighted by atomic mass is 9.87. The smallest absolute Gasteiger partial charge is 0.255 e. The van der Waals surface area contributed by atoms with Crippen LogP contribution in [0.5, 0.6) is 0 Å². The van der Waals surface area contributed by atoms with Gasteiger partial charge in [-0.25, -0.2) is 12.8 Å². The lowest BCUT2D eigenvalue weighted by Gasteiger charge is -2.35. The first-order valence-electron chi connectivity index (χ1n) is 12.7. The molecule has 2 fully saturated rings. The van der Waals surface area contributed by atoms with Crippen molar-refractivity contribution in [1.29, 1.82) is 0 Å². The molecule has 0 aromatic heterocycles. The van der Waals surface area contributed by atoms with Gasteiger partial charge in [0, 0.05) is 44.7 Å². The van der Waals surface area contributed by atoms with Gasteiger partial charge >= 0.3 is 0 Å². The fourth-order valence-electron chi connectivity index (χ4n) is 5.26. The number of amides is 3. The molecule has 38 heavy (non-hydrogen) atoms. The Morgan fingerprint density at radius 2 is 1.63 bits per heavy atom. The zero-order valence-electron chi connectivity index (χ0n) is 21.7. The first-order chi connectivity index (χ1) is 17.9. The van der Waals surface area contributed by atoms with Gasteiger partial charge in [0.05, 0.1) is 10.6 Å². The minimum atomic E-state index is -3.69. The zero-order valence-corrected chi connectivity index (χ0v) is 22.5. The van der Waals surface area contributed by atoms with Crippen LogP contribution in [0.1, 0.15) is 55.1 Å². The van der Waals surface area contributed by atoms with Gasteiger partial charge in [-0.15, -0.1) is 0 Å². The van der Waals surface area contributed by atoms with E-state index in [4.69, 9.17) is 0 Å². The van der Waals surface area contributed by atoms with Gasteiger partial charge in [0.15, 0.2) is 0 Å². The molecule has 0 spiro atoms. The van der Waals surface area contributed by atoms with E-state index in [-0.39, 0.29) is 54.3 Å². The predicted molar refractivity (Wildman–Crippen MR) is 139 cm³/mol. The summed E-state index contributed by atoms with van der Waals surface area (Å²) in [5, 5.41) is 2.26. The minimum Gasteiger partial charge on any atom is -0.367 e. The van der Waals surface area contributed by atoms with Crippen LogP contribution in [0.3, 0.4) is 0 Å². The summed E-state index contributed by atoms with van der Waals surface area (Å²) in [6.45, 7) is 7.32. The third kappa shape index (κ3) is 4.69. The molecule has 2 saturated heterocycles. The third-order valence-corrected chi connectivity index (χ3v) is 9.44. The molecule has 11 heteroatoms. The van der Waals surface area contributed by atoms with Crippen molar-refractivity contribution in [2.45, 2.75) is 56.5 Å². The molecule has 1 unspecified atom stereocenters. The number of carbonyl (C=O) groups excluding carboxylic acids is 3. The maximum absolute atomic E-state index is 15.2. The molecule has 0 saturated carbocycles. The number of rotatable bonds is 4. The van der Waals surface area contributed by atoms with E-state index in [1.54, 1.807) is 23.1 Å². The highest BCUT2D eigenvalue weighted by Crippen LogP contribution is 2.33. The van der Waals surface area contributed by atoms with Crippen molar-refractivity contribution in [2.75, 3.05) is 31.1 Å². The van der Waals surface area contributed by atoms with Crippen LogP contribution in [-0.2, 0) is 31.6 Å². The average molecular weight is 543 g/mol. The summed E-state index contributed by atoms with van der Waals surface area (Å²) in [4.78, 5) is 40.1. The Kier molecular flexibility index (Phi) is 6.55. The summed E-state index contributed by atoms with van der Waals surface area (Å²) in [6, 6.07) is 8.97. The van der Waals surface area contributed by atoms with Crippen molar-refractivity contribution in [3.05, 3.63) is 58.9 Å². The van der Waals surface area contributed by atoms with E-state index < -0.39 is 33.7 Å². The summed E-state index contributed by atoms with van der Waals surface area (Å²) < 4.78 is 43.0. The number of piperidine rings is 1. The number of benzene rings is 2. The SMILES string of the molecule is CC(C)(C)c1ccc(S(=O)(=O)N2CCN(c3cc4c(cc3F)C(=O)N(C3CCC(=O)NC3=O)C4)CC2)cc1. The van der Waals surface area contributed by atoms with Gasteiger partial charge in [0.2, 0.25) is 21.8 Å². The van der Waals surface area contributed by atoms with E-state index in [0.29, 0.717) is 24.3 Å². The highest BCUT2D eigenvalue weighted by Gasteiger charge is 2.40. The fourth-order valence-corrected chi connectivity index (χ4v) is 6.69. The molecule has 202 valence electrons. The maximum atomic E-state index is 15.2. The van der Waals surface area contributed by atoms with E-state index in [0.717, 1.165) is 5.56 Å². The molecular formula is C27H31FN4O5S. The van der Waals surface area contributed by atoms with Crippen molar-refractivity contribution in [3.8, 4) is 0 Å². The summed E-state index contributed by atoms with van der Waals surface area (Å²) in [7, 11) is -3.69. The standard InChI is InChI=1S/C27H31FN4O5S/c1-27(2,3)18-4-6-19(7-5-18)38(36,37)31-12-10-30(11-13-31)23-14-17-16-32(26(35)20(17)15-21(23)28)22-8-9-24(33)29-25(22)34/h4-7,14-15,22H,8-13,16H2,1-3H3,(H,29,33,34). The maximum Gasteiger partial charge on any atom is 0.255 e. The Labute approximate surface area is 221 Å². The molecule has 3 heterocycles. The molecule has 3 aliphatic rings. The Morgan fingerprint density at radius 3 is 2.24 bits per heavy atom. The Hall–Kier alpha value is -3.31. The molecule has 2 aromatic carbocycles. The zero-order chi connectivity index (χ0) is 27.4. The second-order valence-corrected chi connectivity index (χ2v) is 13.0. The number of piperazine rings is 1. The molecule has 1 atom stereocenters. The lowest BCUT2D eigenvalue weighted by Crippen LogP contribution is -2.52. The van der Waals surface area contributed by atoms with Crippen LogP contribution in [0.15, 0.2) is 41.3 Å². The van der Waals surface area contributed by atoms with Crippen LogP contribution in [0.2, 0.25) is 0 Å². The fraction of sp³-hybridized carbons (Fsp3) is 0.444. The summed E-state index contributed by atoms with van der Waals surface area (Å²) in [5.74, 6) is -1.90. The van der Waals surface area contributed by atoms with Gasteiger partial charge in [-0.3, -0.25) is 19.7 Å². The number of hydrogen-bond donors (Lipinski definition) is 1. The molecule has 3 aliphatic heterocycles. The van der Waals surface area contributed by atoms with E-state index in [1.807, 2.05) is 12.1 Å². The first-order valence-corrected chi connectivity index (χ1v) is 14.1. The van der Waals surface area contributed by atoms with Crippen LogP contribution < -0.4 is 10.2 Å². The minimum absolute atomic E-state index is 0.0860. The van der Waals surface area contributed by atoms with E-state index in [2.05, 4.69) is 26.1 Å². The van der Waals surface area contributed by atoms with Gasteiger partial charge in [-0.1, -0.05) is 32.9 Å². The summed E-state index contributed by atoms with van der Waals surface area (Å²) >= 11 is 0. The highest BCUT2D eigenvalue weighted by molar-refractivity contribution is 7.89. The van der Waals surface area contributed by atoms with Crippen LogP contribution in [0, 0.1) is 5.82 Å². The van der Waals surface area contributed by atoms with Crippen molar-refractivity contribution >= 4 is 33.4 Å². The average Bonchev–Trinajstić information content (AvgIpc) is 3.18. The second kappa shape index (κ2) is 9.46. The largest absolute Gasteiger partial charge is 0.367 e. The third-order valence-electron chi connectivity index (χ3n) is 7.53. The number of sulfonamides is 1. The number of imide groups is 1. The molecule has 3 amide bonds. The van der Waals surface area contributed by atoms with Crippen molar-refractivity contribution < 1.29 is 27.2 Å². The van der Waals surface area contributed by atoms with Crippen LogP contribution in [0.4, 0.5) is 10.1 Å². The van der Waals surface area contributed by atoms with Gasteiger partial charge in [0.25, 0.3) is 5.91 Å². The summed E-state index contributed by atoms with van der Waals surface area (Å²) in [6.07, 6.45) is 0.374. The number of anilines is 1. The van der Waals surface area contributed by atoms with E-state index in [9.17, 15) is 22.8 Å². The molecule has 5 rings (SSSR count). The Bertz CT molecular complexity index is 1410. The van der Waals surface area contributed by atoms with E-state index in [1.165, 1.54) is 15.3 Å².